The average Bonchev–Trinajstić information content (AvgIpc) is 2.77. The molecule has 5 rings (SSSR count). The van der Waals surface area contributed by atoms with Crippen LogP contribution in [0.1, 0.15) is 44.7 Å². The lowest BCUT2D eigenvalue weighted by Crippen LogP contribution is -2.55. The lowest BCUT2D eigenvalue weighted by atomic mass is 9.81. The highest BCUT2D eigenvalue weighted by atomic mass is 16.6. The zero-order valence-corrected chi connectivity index (χ0v) is 18.8. The van der Waals surface area contributed by atoms with E-state index >= 15 is 0 Å². The second-order valence-corrected chi connectivity index (χ2v) is 9.44. The van der Waals surface area contributed by atoms with Crippen molar-refractivity contribution in [3.8, 4) is 11.5 Å². The maximum absolute atomic E-state index is 13.5. The molecule has 0 aromatic heterocycles. The number of ketones is 2. The molecule has 0 radical (unpaired) electrons. The lowest BCUT2D eigenvalue weighted by Gasteiger charge is -2.50. The Kier molecular flexibility index (Phi) is 5.48. The minimum atomic E-state index is -0.589. The van der Waals surface area contributed by atoms with E-state index in [1.165, 1.54) is 12.1 Å². The summed E-state index contributed by atoms with van der Waals surface area (Å²) in [6, 6.07) is 5.68. The fourth-order valence-electron chi connectivity index (χ4n) is 4.92. The topological polar surface area (TPSA) is 145 Å². The van der Waals surface area contributed by atoms with E-state index in [0.717, 1.165) is 12.8 Å². The van der Waals surface area contributed by atoms with Crippen LogP contribution in [0.4, 0.5) is 11.4 Å². The summed E-state index contributed by atoms with van der Waals surface area (Å²) < 4.78 is -0.567. The Hall–Kier alpha value is -3.18. The standard InChI is InChI=1S/C24H28N4O6/c29-17-5-6-18(30)22-21(17)23(31)19-15(25-7-13-27(33)9-1-10-27)3-4-16(20(19)24(22)32)26-8-14-28(34)11-2-12-28/h3-6,25-26,29-30H,1-2,7-14H2. The third kappa shape index (κ3) is 3.78. The molecule has 34 heavy (non-hydrogen) atoms. The predicted molar refractivity (Wildman–Crippen MR) is 126 cm³/mol. The molecule has 0 spiro atoms. The summed E-state index contributed by atoms with van der Waals surface area (Å²) >= 11 is 0. The van der Waals surface area contributed by atoms with E-state index in [9.17, 15) is 30.2 Å². The number of carbonyl (C=O) groups excluding carboxylic acids is 2. The first-order chi connectivity index (χ1) is 16.2. The van der Waals surface area contributed by atoms with Gasteiger partial charge in [0.25, 0.3) is 0 Å². The normalized spacial score (nSPS) is 19.5. The van der Waals surface area contributed by atoms with Crippen LogP contribution in [0, 0.1) is 10.4 Å². The number of likely N-dealkylation sites (tertiary alicyclic amines) is 2. The highest BCUT2D eigenvalue weighted by Crippen LogP contribution is 2.42. The summed E-state index contributed by atoms with van der Waals surface area (Å²) in [6.45, 7) is 3.59. The summed E-state index contributed by atoms with van der Waals surface area (Å²) in [7, 11) is 0. The van der Waals surface area contributed by atoms with Crippen molar-refractivity contribution in [2.75, 3.05) is 63.0 Å². The van der Waals surface area contributed by atoms with E-state index in [2.05, 4.69) is 10.6 Å². The highest BCUT2D eigenvalue weighted by Gasteiger charge is 2.38. The molecule has 0 amide bonds. The van der Waals surface area contributed by atoms with Gasteiger partial charge in [-0.3, -0.25) is 9.59 Å². The maximum Gasteiger partial charge on any atom is 0.200 e. The van der Waals surface area contributed by atoms with Gasteiger partial charge in [-0.05, 0) is 24.3 Å². The first-order valence-corrected chi connectivity index (χ1v) is 11.6. The number of phenolic OH excluding ortho intramolecular Hbond substituents is 2. The molecule has 4 N–H and O–H groups in total. The molecule has 2 saturated heterocycles. The van der Waals surface area contributed by atoms with E-state index < -0.39 is 11.6 Å². The van der Waals surface area contributed by atoms with Gasteiger partial charge in [0.1, 0.15) is 11.5 Å². The van der Waals surface area contributed by atoms with Crippen molar-refractivity contribution >= 4 is 22.9 Å². The second kappa shape index (κ2) is 8.24. The molecule has 2 aliphatic heterocycles. The Morgan fingerprint density at radius 1 is 0.676 bits per heavy atom. The van der Waals surface area contributed by atoms with Crippen LogP contribution in [0.15, 0.2) is 24.3 Å². The van der Waals surface area contributed by atoms with E-state index in [0.29, 0.717) is 63.7 Å². The van der Waals surface area contributed by atoms with Gasteiger partial charge in [0.05, 0.1) is 74.6 Å². The fourth-order valence-corrected chi connectivity index (χ4v) is 4.92. The summed E-state index contributed by atoms with van der Waals surface area (Å²) in [5.74, 6) is -1.95. The first kappa shape index (κ1) is 22.6. The number of aromatic hydroxyl groups is 2. The molecule has 10 heteroatoms. The van der Waals surface area contributed by atoms with Gasteiger partial charge in [-0.1, -0.05) is 0 Å². The van der Waals surface area contributed by atoms with Crippen molar-refractivity contribution in [2.45, 2.75) is 12.8 Å². The summed E-state index contributed by atoms with van der Waals surface area (Å²) in [6.07, 6.45) is 1.80. The van der Waals surface area contributed by atoms with E-state index in [1.807, 2.05) is 0 Å². The Morgan fingerprint density at radius 2 is 1.06 bits per heavy atom. The van der Waals surface area contributed by atoms with Crippen LogP contribution in [0.25, 0.3) is 0 Å². The molecule has 0 saturated carbocycles. The van der Waals surface area contributed by atoms with Crippen molar-refractivity contribution in [1.82, 2.24) is 0 Å². The molecular formula is C24H28N4O6. The second-order valence-electron chi connectivity index (χ2n) is 9.44. The molecule has 0 bridgehead atoms. The van der Waals surface area contributed by atoms with E-state index in [1.54, 1.807) is 12.1 Å². The average molecular weight is 469 g/mol. The third-order valence-electron chi connectivity index (χ3n) is 7.21. The number of fused-ring (bicyclic) bond motifs is 2. The first-order valence-electron chi connectivity index (χ1n) is 11.6. The number of carbonyl (C=O) groups is 2. The van der Waals surface area contributed by atoms with Gasteiger partial charge in [0.2, 0.25) is 11.6 Å². The molecule has 0 atom stereocenters. The molecule has 2 fully saturated rings. The van der Waals surface area contributed by atoms with Crippen molar-refractivity contribution in [2.24, 2.45) is 0 Å². The minimum Gasteiger partial charge on any atom is -0.633 e. The Labute approximate surface area is 196 Å². The van der Waals surface area contributed by atoms with Gasteiger partial charge >= 0.3 is 0 Å². The smallest absolute Gasteiger partial charge is 0.200 e. The fraction of sp³-hybridized carbons (Fsp3) is 0.417. The number of nitrogens with zero attached hydrogens (tertiary/aromatic N) is 2. The monoisotopic (exact) mass is 468 g/mol. The van der Waals surface area contributed by atoms with Crippen LogP contribution in [0.3, 0.4) is 0 Å². The van der Waals surface area contributed by atoms with Crippen molar-refractivity contribution in [3.63, 3.8) is 0 Å². The molecule has 2 aromatic carbocycles. The van der Waals surface area contributed by atoms with Gasteiger partial charge in [0.15, 0.2) is 0 Å². The zero-order valence-electron chi connectivity index (χ0n) is 18.8. The van der Waals surface area contributed by atoms with Crippen LogP contribution in [-0.2, 0) is 0 Å². The number of anilines is 2. The predicted octanol–water partition coefficient (Wildman–Crippen LogP) is 2.13. The number of phenols is 2. The number of quaternary nitrogens is 2. The van der Waals surface area contributed by atoms with E-state index in [4.69, 9.17) is 0 Å². The highest BCUT2D eigenvalue weighted by molar-refractivity contribution is 6.33. The molecule has 180 valence electrons. The number of hydrogen-bond acceptors (Lipinski definition) is 8. The number of hydroxylamine groups is 6. The van der Waals surface area contributed by atoms with Gasteiger partial charge in [-0.15, -0.1) is 0 Å². The van der Waals surface area contributed by atoms with Gasteiger partial charge in [-0.2, -0.15) is 0 Å². The molecular weight excluding hydrogens is 440 g/mol. The van der Waals surface area contributed by atoms with Crippen LogP contribution >= 0.6 is 0 Å². The molecule has 2 heterocycles. The summed E-state index contributed by atoms with van der Waals surface area (Å²) in [4.78, 5) is 27.0. The number of benzene rings is 2. The molecule has 0 unspecified atom stereocenters. The Morgan fingerprint density at radius 3 is 1.38 bits per heavy atom. The largest absolute Gasteiger partial charge is 0.633 e. The maximum atomic E-state index is 13.5. The van der Waals surface area contributed by atoms with Crippen LogP contribution in [0.5, 0.6) is 11.5 Å². The van der Waals surface area contributed by atoms with Crippen molar-refractivity contribution in [3.05, 3.63) is 56.9 Å². The number of nitrogens with one attached hydrogen (secondary N) is 2. The van der Waals surface area contributed by atoms with Crippen molar-refractivity contribution < 1.29 is 29.1 Å². The van der Waals surface area contributed by atoms with Crippen LogP contribution < -0.4 is 10.6 Å². The SMILES string of the molecule is O=C1c2c(O)ccc(O)c2C(=O)c2c(NCC[N+]3([O-])CCC3)ccc(NCC[N+]3([O-])CCC3)c21. The number of hydrogen-bond donors (Lipinski definition) is 4. The Bertz CT molecular complexity index is 1080. The van der Waals surface area contributed by atoms with Crippen LogP contribution in [0.2, 0.25) is 0 Å². The lowest BCUT2D eigenvalue weighted by molar-refractivity contribution is -0.916. The molecule has 10 nitrogen and oxygen atoms in total. The molecule has 2 aromatic rings. The minimum absolute atomic E-state index is 0.0828. The van der Waals surface area contributed by atoms with Crippen molar-refractivity contribution in [1.29, 1.82) is 0 Å². The summed E-state index contributed by atoms with van der Waals surface area (Å²) in [5.41, 5.74) is 0.456. The Balaban J connectivity index is 1.49. The quantitative estimate of drug-likeness (QED) is 0.224. The van der Waals surface area contributed by atoms with E-state index in [-0.39, 0.29) is 43.0 Å². The zero-order chi connectivity index (χ0) is 24.1. The third-order valence-corrected chi connectivity index (χ3v) is 7.21. The van der Waals surface area contributed by atoms with Gasteiger partial charge < -0.3 is 40.6 Å². The van der Waals surface area contributed by atoms with Crippen LogP contribution in [-0.4, -0.2) is 83.4 Å². The summed E-state index contributed by atoms with van der Waals surface area (Å²) in [5, 5.41) is 51.7. The van der Waals surface area contributed by atoms with Gasteiger partial charge in [0, 0.05) is 24.2 Å². The molecule has 3 aliphatic rings. The van der Waals surface area contributed by atoms with Gasteiger partial charge in [-0.25, -0.2) is 0 Å². The molecule has 1 aliphatic carbocycles. The number of rotatable bonds is 8.